The number of nitrogens with zero attached hydrogens (tertiary/aromatic N) is 1. The molecule has 0 radical (unpaired) electrons. The van der Waals surface area contributed by atoms with Crippen molar-refractivity contribution in [2.45, 2.75) is 6.92 Å². The molecule has 1 aromatic rings. The van der Waals surface area contributed by atoms with Crippen LogP contribution in [0.2, 0.25) is 15.1 Å². The number of anilines is 1. The smallest absolute Gasteiger partial charge is 0.421 e. The van der Waals surface area contributed by atoms with Crippen molar-refractivity contribution >= 4 is 52.5 Å². The standard InChI is InChI=1S/C10H8Cl3NO3/c1-5(15)14(10(16)17-2)9-7(12)3-6(11)4-8(9)13/h3-4H,1-2H3. The van der Waals surface area contributed by atoms with Gasteiger partial charge < -0.3 is 4.74 Å². The number of hydrogen-bond donors (Lipinski definition) is 0. The first-order chi connectivity index (χ1) is 7.88. The van der Waals surface area contributed by atoms with Gasteiger partial charge >= 0.3 is 6.09 Å². The van der Waals surface area contributed by atoms with E-state index in [1.165, 1.54) is 19.1 Å². The first-order valence-corrected chi connectivity index (χ1v) is 5.55. The molecule has 92 valence electrons. The zero-order valence-corrected chi connectivity index (χ0v) is 11.2. The molecule has 0 aromatic heterocycles. The molecule has 0 saturated carbocycles. The Morgan fingerprint density at radius 2 is 1.65 bits per heavy atom. The average molecular weight is 297 g/mol. The predicted molar refractivity (Wildman–Crippen MR) is 67.0 cm³/mol. The van der Waals surface area contributed by atoms with Crippen LogP contribution in [0.25, 0.3) is 0 Å². The quantitative estimate of drug-likeness (QED) is 0.792. The average Bonchev–Trinajstić information content (AvgIpc) is 2.21. The molecular formula is C10H8Cl3NO3. The molecule has 7 heteroatoms. The Kier molecular flexibility index (Phi) is 4.62. The van der Waals surface area contributed by atoms with E-state index in [1.807, 2.05) is 0 Å². The second-order valence-corrected chi connectivity index (χ2v) is 4.29. The summed E-state index contributed by atoms with van der Waals surface area (Å²) in [6.07, 6.45) is -0.872. The van der Waals surface area contributed by atoms with Gasteiger partial charge in [-0.15, -0.1) is 0 Å². The first-order valence-electron chi connectivity index (χ1n) is 4.41. The first kappa shape index (κ1) is 14.1. The second kappa shape index (κ2) is 5.58. The van der Waals surface area contributed by atoms with Crippen LogP contribution in [0, 0.1) is 0 Å². The summed E-state index contributed by atoms with van der Waals surface area (Å²) in [6.45, 7) is 1.19. The molecule has 0 aliphatic rings. The number of benzene rings is 1. The van der Waals surface area contributed by atoms with Crippen LogP contribution in [0.5, 0.6) is 0 Å². The monoisotopic (exact) mass is 295 g/mol. The molecule has 0 atom stereocenters. The number of ether oxygens (including phenoxy) is 1. The van der Waals surface area contributed by atoms with Gasteiger partial charge in [-0.25, -0.2) is 9.69 Å². The van der Waals surface area contributed by atoms with Crippen molar-refractivity contribution < 1.29 is 14.3 Å². The summed E-state index contributed by atoms with van der Waals surface area (Å²) >= 11 is 17.5. The Labute approximate surface area is 113 Å². The third-order valence-electron chi connectivity index (χ3n) is 1.88. The third kappa shape index (κ3) is 3.03. The highest BCUT2D eigenvalue weighted by Crippen LogP contribution is 2.36. The Hall–Kier alpha value is -0.970. The Morgan fingerprint density at radius 1 is 1.18 bits per heavy atom. The van der Waals surface area contributed by atoms with Crippen molar-refractivity contribution in [2.24, 2.45) is 0 Å². The molecule has 4 nitrogen and oxygen atoms in total. The second-order valence-electron chi connectivity index (χ2n) is 3.04. The maximum Gasteiger partial charge on any atom is 0.421 e. The molecule has 0 heterocycles. The summed E-state index contributed by atoms with van der Waals surface area (Å²) in [5, 5.41) is 0.475. The number of methoxy groups -OCH3 is 1. The van der Waals surface area contributed by atoms with Crippen LogP contribution in [0.3, 0.4) is 0 Å². The van der Waals surface area contributed by atoms with Gasteiger partial charge in [-0.1, -0.05) is 34.8 Å². The number of amides is 2. The van der Waals surface area contributed by atoms with Crippen molar-refractivity contribution in [3.63, 3.8) is 0 Å². The Morgan fingerprint density at radius 3 is 2.00 bits per heavy atom. The minimum Gasteiger partial charge on any atom is -0.452 e. The Balaban J connectivity index is 3.38. The zero-order valence-electron chi connectivity index (χ0n) is 8.96. The fraction of sp³-hybridized carbons (Fsp3) is 0.200. The fourth-order valence-corrected chi connectivity index (χ4v) is 2.20. The normalized spacial score (nSPS) is 9.94. The van der Waals surface area contributed by atoms with Crippen LogP contribution in [0.1, 0.15) is 6.92 Å². The summed E-state index contributed by atoms with van der Waals surface area (Å²) in [6, 6.07) is 2.76. The van der Waals surface area contributed by atoms with Crippen molar-refractivity contribution in [1.29, 1.82) is 0 Å². The lowest BCUT2D eigenvalue weighted by molar-refractivity contribution is -0.116. The highest BCUT2D eigenvalue weighted by Gasteiger charge is 2.26. The summed E-state index contributed by atoms with van der Waals surface area (Å²) in [5.74, 6) is -0.567. The third-order valence-corrected chi connectivity index (χ3v) is 2.67. The number of imide groups is 1. The van der Waals surface area contributed by atoms with E-state index >= 15 is 0 Å². The van der Waals surface area contributed by atoms with E-state index in [0.717, 1.165) is 12.0 Å². The molecular weight excluding hydrogens is 288 g/mol. The van der Waals surface area contributed by atoms with Crippen LogP contribution in [-0.2, 0) is 9.53 Å². The lowest BCUT2D eigenvalue weighted by Crippen LogP contribution is -2.35. The van der Waals surface area contributed by atoms with Crippen LogP contribution in [-0.4, -0.2) is 19.1 Å². The van der Waals surface area contributed by atoms with E-state index in [1.54, 1.807) is 0 Å². The summed E-state index contributed by atoms with van der Waals surface area (Å²) < 4.78 is 4.48. The molecule has 0 bridgehead atoms. The van der Waals surface area contributed by atoms with Crippen LogP contribution in [0.15, 0.2) is 12.1 Å². The van der Waals surface area contributed by atoms with E-state index < -0.39 is 12.0 Å². The molecule has 1 aromatic carbocycles. The molecule has 0 aliphatic carbocycles. The molecule has 0 N–H and O–H groups in total. The fourth-order valence-electron chi connectivity index (χ4n) is 1.22. The molecule has 0 aliphatic heterocycles. The van der Waals surface area contributed by atoms with Gasteiger partial charge in [0.1, 0.15) is 0 Å². The van der Waals surface area contributed by atoms with Crippen molar-refractivity contribution in [2.75, 3.05) is 12.0 Å². The van der Waals surface area contributed by atoms with Crippen LogP contribution >= 0.6 is 34.8 Å². The molecule has 1 rings (SSSR count). The minimum absolute atomic E-state index is 0.0529. The van der Waals surface area contributed by atoms with Crippen LogP contribution < -0.4 is 4.90 Å². The van der Waals surface area contributed by atoms with Gasteiger partial charge in [-0.05, 0) is 12.1 Å². The molecule has 2 amide bonds. The van der Waals surface area contributed by atoms with E-state index in [0.29, 0.717) is 5.02 Å². The topological polar surface area (TPSA) is 46.6 Å². The molecule has 0 saturated heterocycles. The van der Waals surface area contributed by atoms with Gasteiger partial charge in [0.15, 0.2) is 0 Å². The maximum atomic E-state index is 11.5. The van der Waals surface area contributed by atoms with E-state index in [9.17, 15) is 9.59 Å². The van der Waals surface area contributed by atoms with Crippen LogP contribution in [0.4, 0.5) is 10.5 Å². The lowest BCUT2D eigenvalue weighted by Gasteiger charge is -2.20. The summed E-state index contributed by atoms with van der Waals surface area (Å²) in [7, 11) is 1.15. The number of carbonyl (C=O) groups excluding carboxylic acids is 2. The van der Waals surface area contributed by atoms with Gasteiger partial charge in [-0.3, -0.25) is 4.79 Å². The maximum absolute atomic E-state index is 11.5. The van der Waals surface area contributed by atoms with Gasteiger partial charge in [0.2, 0.25) is 5.91 Å². The number of rotatable bonds is 1. The van der Waals surface area contributed by atoms with Gasteiger partial charge in [0.25, 0.3) is 0 Å². The van der Waals surface area contributed by atoms with Gasteiger partial charge in [0, 0.05) is 11.9 Å². The summed E-state index contributed by atoms with van der Waals surface area (Å²) in [5.41, 5.74) is 0.0529. The van der Waals surface area contributed by atoms with Gasteiger partial charge in [-0.2, -0.15) is 0 Å². The van der Waals surface area contributed by atoms with Crippen molar-refractivity contribution in [3.8, 4) is 0 Å². The number of carbonyl (C=O) groups is 2. The number of hydrogen-bond acceptors (Lipinski definition) is 3. The Bertz CT molecular complexity index is 453. The molecule has 0 unspecified atom stereocenters. The minimum atomic E-state index is -0.872. The summed E-state index contributed by atoms with van der Waals surface area (Å²) in [4.78, 5) is 23.6. The zero-order chi connectivity index (χ0) is 13.2. The lowest BCUT2D eigenvalue weighted by atomic mass is 10.3. The highest BCUT2D eigenvalue weighted by atomic mass is 35.5. The number of halogens is 3. The van der Waals surface area contributed by atoms with E-state index in [4.69, 9.17) is 34.8 Å². The van der Waals surface area contributed by atoms with E-state index in [-0.39, 0.29) is 15.7 Å². The van der Waals surface area contributed by atoms with Crippen molar-refractivity contribution in [3.05, 3.63) is 27.2 Å². The van der Waals surface area contributed by atoms with E-state index in [2.05, 4.69) is 4.74 Å². The molecule has 0 fully saturated rings. The van der Waals surface area contributed by atoms with Gasteiger partial charge in [0.05, 0.1) is 22.8 Å². The molecule has 17 heavy (non-hydrogen) atoms. The SMILES string of the molecule is COC(=O)N(C(C)=O)c1c(Cl)cc(Cl)cc1Cl. The predicted octanol–water partition coefficient (Wildman–Crippen LogP) is 3.77. The highest BCUT2D eigenvalue weighted by molar-refractivity contribution is 6.43. The largest absolute Gasteiger partial charge is 0.452 e. The molecule has 0 spiro atoms. The van der Waals surface area contributed by atoms with Crippen molar-refractivity contribution in [1.82, 2.24) is 0 Å².